The summed E-state index contributed by atoms with van der Waals surface area (Å²) in [7, 11) is 3.08. The molecule has 4 rings (SSSR count). The summed E-state index contributed by atoms with van der Waals surface area (Å²) in [6.07, 6.45) is -3.08. The molecule has 3 aromatic carbocycles. The van der Waals surface area contributed by atoms with E-state index in [4.69, 9.17) is 14.2 Å². The quantitative estimate of drug-likeness (QED) is 0.243. The molecule has 9 heteroatoms. The number of aromatic nitrogens is 1. The zero-order chi connectivity index (χ0) is 27.4. The molecule has 200 valence electrons. The van der Waals surface area contributed by atoms with Crippen LogP contribution < -0.4 is 14.2 Å². The first-order valence-electron chi connectivity index (χ1n) is 12.2. The minimum atomic E-state index is -4.42. The van der Waals surface area contributed by atoms with Crippen molar-refractivity contribution in [1.82, 2.24) is 9.47 Å². The molecular weight excluding hydrogens is 497 g/mol. The number of nitrogens with zero attached hydrogens (tertiary/aromatic N) is 2. The normalized spacial score (nSPS) is 11.4. The summed E-state index contributed by atoms with van der Waals surface area (Å²) in [5.74, 6) is 1.41. The standard InChI is InChI=1S/C29H29F3N2O4/c1-5-33(6-2)28(35)38-25-13-11-23-22(27(25)20-10-12-24(36-3)26(17-20)37-4)14-15-34(23)18-19-8-7-9-21(16-19)29(30,31)32/h7-17H,5-6,18H2,1-4H3. The SMILES string of the molecule is CCN(CC)C(=O)Oc1ccc2c(ccn2Cc2cccc(C(F)(F)F)c2)c1-c1ccc(OC)c(OC)c1. The maximum Gasteiger partial charge on any atom is 0.416 e. The molecule has 1 heterocycles. The van der Waals surface area contributed by atoms with Crippen LogP contribution in [0.2, 0.25) is 0 Å². The number of alkyl halides is 3. The molecule has 0 fully saturated rings. The lowest BCUT2D eigenvalue weighted by Gasteiger charge is -2.20. The summed E-state index contributed by atoms with van der Waals surface area (Å²) in [6, 6.07) is 16.1. The van der Waals surface area contributed by atoms with Gasteiger partial charge in [0.1, 0.15) is 5.75 Å². The van der Waals surface area contributed by atoms with Gasteiger partial charge in [0, 0.05) is 42.3 Å². The Balaban J connectivity index is 1.83. The summed E-state index contributed by atoms with van der Waals surface area (Å²) in [4.78, 5) is 14.4. The van der Waals surface area contributed by atoms with E-state index in [9.17, 15) is 18.0 Å². The third kappa shape index (κ3) is 5.41. The van der Waals surface area contributed by atoms with Gasteiger partial charge in [-0.3, -0.25) is 0 Å². The predicted molar refractivity (Wildman–Crippen MR) is 140 cm³/mol. The highest BCUT2D eigenvalue weighted by Crippen LogP contribution is 2.41. The van der Waals surface area contributed by atoms with Crippen LogP contribution in [0.1, 0.15) is 25.0 Å². The molecule has 6 nitrogen and oxygen atoms in total. The topological polar surface area (TPSA) is 52.9 Å². The maximum absolute atomic E-state index is 13.2. The third-order valence-corrected chi connectivity index (χ3v) is 6.41. The lowest BCUT2D eigenvalue weighted by Crippen LogP contribution is -2.33. The van der Waals surface area contributed by atoms with Crippen LogP contribution in [0.25, 0.3) is 22.0 Å². The molecule has 0 aliphatic carbocycles. The molecule has 0 bridgehead atoms. The Morgan fingerprint density at radius 2 is 1.61 bits per heavy atom. The van der Waals surface area contributed by atoms with Crippen LogP contribution in [-0.4, -0.2) is 42.9 Å². The number of hydrogen-bond acceptors (Lipinski definition) is 4. The smallest absolute Gasteiger partial charge is 0.416 e. The van der Waals surface area contributed by atoms with Crippen molar-refractivity contribution in [1.29, 1.82) is 0 Å². The fraction of sp³-hybridized carbons (Fsp3) is 0.276. The molecule has 0 aliphatic rings. The van der Waals surface area contributed by atoms with Crippen molar-refractivity contribution >= 4 is 17.0 Å². The van der Waals surface area contributed by atoms with E-state index in [0.717, 1.165) is 28.6 Å². The van der Waals surface area contributed by atoms with Crippen LogP contribution in [0, 0.1) is 0 Å². The number of halogens is 3. The monoisotopic (exact) mass is 526 g/mol. The number of amides is 1. The van der Waals surface area contributed by atoms with Crippen molar-refractivity contribution in [2.75, 3.05) is 27.3 Å². The first-order valence-corrected chi connectivity index (χ1v) is 12.2. The average molecular weight is 527 g/mol. The molecule has 0 unspecified atom stereocenters. The minimum Gasteiger partial charge on any atom is -0.493 e. The van der Waals surface area contributed by atoms with Crippen molar-refractivity contribution in [2.45, 2.75) is 26.6 Å². The fourth-order valence-electron chi connectivity index (χ4n) is 4.45. The number of hydrogen-bond donors (Lipinski definition) is 0. The molecule has 0 N–H and O–H groups in total. The summed E-state index contributed by atoms with van der Waals surface area (Å²) >= 11 is 0. The van der Waals surface area contributed by atoms with Crippen LogP contribution in [0.5, 0.6) is 17.2 Å². The third-order valence-electron chi connectivity index (χ3n) is 6.41. The van der Waals surface area contributed by atoms with E-state index in [1.165, 1.54) is 13.2 Å². The van der Waals surface area contributed by atoms with Gasteiger partial charge in [0.2, 0.25) is 0 Å². The zero-order valence-corrected chi connectivity index (χ0v) is 21.6. The summed E-state index contributed by atoms with van der Waals surface area (Å²) in [5, 5.41) is 0.772. The van der Waals surface area contributed by atoms with Crippen LogP contribution in [0.15, 0.2) is 66.9 Å². The molecule has 0 saturated heterocycles. The number of carbonyl (C=O) groups is 1. The van der Waals surface area contributed by atoms with E-state index in [1.807, 2.05) is 36.7 Å². The Labute approximate surface area is 219 Å². The van der Waals surface area contributed by atoms with Gasteiger partial charge >= 0.3 is 12.3 Å². The van der Waals surface area contributed by atoms with Crippen LogP contribution >= 0.6 is 0 Å². The number of fused-ring (bicyclic) bond motifs is 1. The molecule has 4 aromatic rings. The molecule has 38 heavy (non-hydrogen) atoms. The number of rotatable bonds is 8. The number of ether oxygens (including phenoxy) is 3. The van der Waals surface area contributed by atoms with Crippen molar-refractivity contribution in [3.63, 3.8) is 0 Å². The van der Waals surface area contributed by atoms with Gasteiger partial charge in [0.15, 0.2) is 11.5 Å². The van der Waals surface area contributed by atoms with E-state index in [0.29, 0.717) is 41.5 Å². The van der Waals surface area contributed by atoms with Crippen LogP contribution in [0.4, 0.5) is 18.0 Å². The molecule has 1 amide bonds. The van der Waals surface area contributed by atoms with Gasteiger partial charge < -0.3 is 23.7 Å². The Hall–Kier alpha value is -4.14. The Kier molecular flexibility index (Phi) is 7.85. The second-order valence-electron chi connectivity index (χ2n) is 8.62. The molecule has 0 saturated carbocycles. The average Bonchev–Trinajstić information content (AvgIpc) is 3.31. The highest BCUT2D eigenvalue weighted by Gasteiger charge is 2.30. The van der Waals surface area contributed by atoms with Gasteiger partial charge in [-0.15, -0.1) is 0 Å². The highest BCUT2D eigenvalue weighted by atomic mass is 19.4. The summed E-state index contributed by atoms with van der Waals surface area (Å²) in [6.45, 7) is 4.97. The Morgan fingerprint density at radius 1 is 0.895 bits per heavy atom. The largest absolute Gasteiger partial charge is 0.493 e. The minimum absolute atomic E-state index is 0.234. The molecule has 0 radical (unpaired) electrons. The number of methoxy groups -OCH3 is 2. The van der Waals surface area contributed by atoms with Crippen LogP contribution in [0.3, 0.4) is 0 Å². The second kappa shape index (κ2) is 11.1. The fourth-order valence-corrected chi connectivity index (χ4v) is 4.45. The molecule has 1 aromatic heterocycles. The van der Waals surface area contributed by atoms with Gasteiger partial charge in [-0.25, -0.2) is 4.79 Å². The van der Waals surface area contributed by atoms with Crippen molar-refractivity contribution in [3.8, 4) is 28.4 Å². The first kappa shape index (κ1) is 26.9. The Morgan fingerprint density at radius 3 is 2.26 bits per heavy atom. The number of carbonyl (C=O) groups excluding carboxylic acids is 1. The van der Waals surface area contributed by atoms with Crippen molar-refractivity contribution < 1.29 is 32.2 Å². The predicted octanol–water partition coefficient (Wildman–Crippen LogP) is 7.23. The second-order valence-corrected chi connectivity index (χ2v) is 8.62. The molecular formula is C29H29F3N2O4. The van der Waals surface area contributed by atoms with Crippen molar-refractivity contribution in [2.24, 2.45) is 0 Å². The highest BCUT2D eigenvalue weighted by molar-refractivity contribution is 6.00. The number of benzene rings is 3. The lowest BCUT2D eigenvalue weighted by atomic mass is 10.00. The lowest BCUT2D eigenvalue weighted by molar-refractivity contribution is -0.137. The summed E-state index contributed by atoms with van der Waals surface area (Å²) in [5.41, 5.74) is 1.99. The van der Waals surface area contributed by atoms with E-state index in [2.05, 4.69) is 0 Å². The van der Waals surface area contributed by atoms with E-state index in [-0.39, 0.29) is 6.54 Å². The van der Waals surface area contributed by atoms with Gasteiger partial charge in [-0.2, -0.15) is 13.2 Å². The van der Waals surface area contributed by atoms with E-state index < -0.39 is 17.8 Å². The maximum atomic E-state index is 13.2. The molecule has 0 spiro atoms. The first-order chi connectivity index (χ1) is 18.2. The van der Waals surface area contributed by atoms with E-state index in [1.54, 1.807) is 42.3 Å². The van der Waals surface area contributed by atoms with Gasteiger partial charge in [0.05, 0.1) is 19.8 Å². The van der Waals surface area contributed by atoms with Gasteiger partial charge in [0.25, 0.3) is 0 Å². The zero-order valence-electron chi connectivity index (χ0n) is 21.6. The van der Waals surface area contributed by atoms with Gasteiger partial charge in [-0.1, -0.05) is 18.2 Å². The van der Waals surface area contributed by atoms with Crippen molar-refractivity contribution in [3.05, 3.63) is 78.0 Å². The molecule has 0 aliphatic heterocycles. The Bertz CT molecular complexity index is 1440. The molecule has 0 atom stereocenters. The van der Waals surface area contributed by atoms with Crippen LogP contribution in [-0.2, 0) is 12.7 Å². The summed E-state index contributed by atoms with van der Waals surface area (Å²) < 4.78 is 58.3. The van der Waals surface area contributed by atoms with E-state index >= 15 is 0 Å². The van der Waals surface area contributed by atoms with Gasteiger partial charge in [-0.05, 0) is 67.4 Å².